The fourth-order valence-electron chi connectivity index (χ4n) is 1.70. The van der Waals surface area contributed by atoms with Gasteiger partial charge in [-0.2, -0.15) is 0 Å². The molecule has 0 spiro atoms. The van der Waals surface area contributed by atoms with Crippen LogP contribution in [0.4, 0.5) is 9.18 Å². The number of carbonyl (C=O) groups excluding carboxylic acids is 1. The molecule has 1 amide bonds. The minimum absolute atomic E-state index is 0.0380. The highest BCUT2D eigenvalue weighted by Gasteiger charge is 2.22. The summed E-state index contributed by atoms with van der Waals surface area (Å²) in [4.78, 5) is 13.5. The summed E-state index contributed by atoms with van der Waals surface area (Å²) in [6.45, 7) is 7.64. The maximum Gasteiger partial charge on any atom is 0.415 e. The van der Waals surface area contributed by atoms with Gasteiger partial charge in [-0.3, -0.25) is 0 Å². The Balaban J connectivity index is 2.77. The summed E-state index contributed by atoms with van der Waals surface area (Å²) in [6.07, 6.45) is -0.458. The Labute approximate surface area is 101 Å². The van der Waals surface area contributed by atoms with Gasteiger partial charge in [0.2, 0.25) is 0 Å². The molecule has 17 heavy (non-hydrogen) atoms. The molecule has 0 fully saturated rings. The highest BCUT2D eigenvalue weighted by Crippen LogP contribution is 2.15. The van der Waals surface area contributed by atoms with Gasteiger partial charge in [0.15, 0.2) is 0 Å². The van der Waals surface area contributed by atoms with Gasteiger partial charge in [0.1, 0.15) is 11.6 Å². The highest BCUT2D eigenvalue weighted by molar-refractivity contribution is 5.71. The number of hydrogen-bond donors (Lipinski definition) is 0. The van der Waals surface area contributed by atoms with Crippen LogP contribution in [0.25, 0.3) is 0 Å². The monoisotopic (exact) mass is 239 g/mol. The van der Waals surface area contributed by atoms with E-state index in [0.29, 0.717) is 0 Å². The van der Waals surface area contributed by atoms with Crippen molar-refractivity contribution in [3.8, 4) is 5.75 Å². The number of benzene rings is 1. The van der Waals surface area contributed by atoms with Crippen molar-refractivity contribution < 1.29 is 13.9 Å². The van der Waals surface area contributed by atoms with Gasteiger partial charge in [0.25, 0.3) is 0 Å². The van der Waals surface area contributed by atoms with Gasteiger partial charge in [-0.15, -0.1) is 0 Å². The Kier molecular flexibility index (Phi) is 4.49. The van der Waals surface area contributed by atoms with E-state index >= 15 is 0 Å². The Hall–Kier alpha value is -1.58. The Morgan fingerprint density at radius 2 is 1.82 bits per heavy atom. The van der Waals surface area contributed by atoms with Crippen molar-refractivity contribution in [2.75, 3.05) is 0 Å². The summed E-state index contributed by atoms with van der Waals surface area (Å²) in [5.41, 5.74) is 0. The molecule has 0 saturated carbocycles. The molecule has 1 rings (SSSR count). The van der Waals surface area contributed by atoms with Gasteiger partial charge in [0.05, 0.1) is 0 Å². The molecular formula is C13H18FNO2. The van der Waals surface area contributed by atoms with Crippen molar-refractivity contribution in [2.45, 2.75) is 39.8 Å². The molecule has 0 radical (unpaired) electrons. The zero-order valence-electron chi connectivity index (χ0n) is 10.6. The van der Waals surface area contributed by atoms with Crippen molar-refractivity contribution >= 4 is 6.09 Å². The van der Waals surface area contributed by atoms with Crippen molar-refractivity contribution in [1.82, 2.24) is 4.90 Å². The van der Waals surface area contributed by atoms with Crippen LogP contribution >= 0.6 is 0 Å². The molecule has 3 nitrogen and oxygen atoms in total. The first kappa shape index (κ1) is 13.5. The number of carbonyl (C=O) groups is 1. The molecule has 94 valence electrons. The first-order chi connectivity index (χ1) is 7.91. The number of amides is 1. The molecule has 0 aromatic heterocycles. The molecule has 1 aromatic rings. The summed E-state index contributed by atoms with van der Waals surface area (Å²) >= 11 is 0. The highest BCUT2D eigenvalue weighted by atomic mass is 19.1. The second-order valence-electron chi connectivity index (χ2n) is 4.42. The van der Waals surface area contributed by atoms with Gasteiger partial charge >= 0.3 is 6.09 Å². The second-order valence-corrected chi connectivity index (χ2v) is 4.42. The van der Waals surface area contributed by atoms with E-state index in [4.69, 9.17) is 4.74 Å². The molecule has 0 aliphatic carbocycles. The average Bonchev–Trinajstić information content (AvgIpc) is 2.15. The lowest BCUT2D eigenvalue weighted by molar-refractivity contribution is 0.122. The van der Waals surface area contributed by atoms with E-state index in [1.54, 1.807) is 11.0 Å². The van der Waals surface area contributed by atoms with Crippen molar-refractivity contribution in [1.29, 1.82) is 0 Å². The number of ether oxygens (including phenoxy) is 1. The Morgan fingerprint density at radius 1 is 1.24 bits per heavy atom. The summed E-state index contributed by atoms with van der Waals surface area (Å²) in [6, 6.07) is 5.64. The third kappa shape index (κ3) is 3.73. The average molecular weight is 239 g/mol. The third-order valence-corrected chi connectivity index (χ3v) is 2.32. The standard InChI is InChI=1S/C13H18FNO2/c1-9(2)15(10(3)4)13(16)17-12-7-5-6-11(14)8-12/h5-10H,1-4H3. The number of rotatable bonds is 3. The van der Waals surface area contributed by atoms with Gasteiger partial charge in [-0.05, 0) is 39.8 Å². The maximum absolute atomic E-state index is 12.9. The van der Waals surface area contributed by atoms with Crippen LogP contribution in [0.3, 0.4) is 0 Å². The lowest BCUT2D eigenvalue weighted by atomic mass is 10.2. The van der Waals surface area contributed by atoms with Gasteiger partial charge in [-0.1, -0.05) is 6.07 Å². The van der Waals surface area contributed by atoms with Gasteiger partial charge in [-0.25, -0.2) is 9.18 Å². The van der Waals surface area contributed by atoms with Gasteiger partial charge in [0, 0.05) is 18.2 Å². The molecule has 0 aliphatic rings. The van der Waals surface area contributed by atoms with E-state index in [-0.39, 0.29) is 17.8 Å². The van der Waals surface area contributed by atoms with Crippen LogP contribution in [-0.2, 0) is 0 Å². The molecular weight excluding hydrogens is 221 g/mol. The van der Waals surface area contributed by atoms with E-state index in [1.165, 1.54) is 18.2 Å². The molecule has 0 N–H and O–H groups in total. The minimum Gasteiger partial charge on any atom is -0.410 e. The van der Waals surface area contributed by atoms with Crippen LogP contribution in [-0.4, -0.2) is 23.1 Å². The first-order valence-electron chi connectivity index (χ1n) is 5.67. The summed E-state index contributed by atoms with van der Waals surface area (Å²) < 4.78 is 18.1. The Morgan fingerprint density at radius 3 is 2.29 bits per heavy atom. The minimum atomic E-state index is -0.458. The van der Waals surface area contributed by atoms with Crippen LogP contribution in [0.1, 0.15) is 27.7 Å². The quantitative estimate of drug-likeness (QED) is 0.808. The summed E-state index contributed by atoms with van der Waals surface area (Å²) in [5.74, 6) is -0.197. The van der Waals surface area contributed by atoms with Crippen LogP contribution < -0.4 is 4.74 Å². The topological polar surface area (TPSA) is 29.5 Å². The number of nitrogens with zero attached hydrogens (tertiary/aromatic N) is 1. The van der Waals surface area contributed by atoms with Crippen molar-refractivity contribution in [2.24, 2.45) is 0 Å². The van der Waals surface area contributed by atoms with Crippen LogP contribution in [0, 0.1) is 5.82 Å². The second kappa shape index (κ2) is 5.66. The smallest absolute Gasteiger partial charge is 0.410 e. The third-order valence-electron chi connectivity index (χ3n) is 2.32. The lowest BCUT2D eigenvalue weighted by Crippen LogP contribution is -2.43. The largest absolute Gasteiger partial charge is 0.415 e. The predicted molar refractivity (Wildman–Crippen MR) is 64.5 cm³/mol. The number of hydrogen-bond acceptors (Lipinski definition) is 2. The fourth-order valence-corrected chi connectivity index (χ4v) is 1.70. The molecule has 0 saturated heterocycles. The fraction of sp³-hybridized carbons (Fsp3) is 0.462. The number of halogens is 1. The van der Waals surface area contributed by atoms with E-state index in [1.807, 2.05) is 27.7 Å². The zero-order valence-corrected chi connectivity index (χ0v) is 10.6. The molecule has 4 heteroatoms. The molecule has 0 aliphatic heterocycles. The van der Waals surface area contributed by atoms with E-state index in [2.05, 4.69) is 0 Å². The summed E-state index contributed by atoms with van der Waals surface area (Å²) in [5, 5.41) is 0. The lowest BCUT2D eigenvalue weighted by Gasteiger charge is -2.29. The van der Waals surface area contributed by atoms with E-state index in [0.717, 1.165) is 0 Å². The molecule has 0 bridgehead atoms. The SMILES string of the molecule is CC(C)N(C(=O)Oc1cccc(F)c1)C(C)C. The summed E-state index contributed by atoms with van der Waals surface area (Å²) in [7, 11) is 0. The Bertz CT molecular complexity index is 383. The maximum atomic E-state index is 12.9. The molecule has 0 atom stereocenters. The van der Waals surface area contributed by atoms with Crippen molar-refractivity contribution in [3.63, 3.8) is 0 Å². The predicted octanol–water partition coefficient (Wildman–Crippen LogP) is 3.44. The molecule has 0 unspecified atom stereocenters. The van der Waals surface area contributed by atoms with Gasteiger partial charge < -0.3 is 9.64 Å². The molecule has 0 heterocycles. The zero-order chi connectivity index (χ0) is 13.0. The van der Waals surface area contributed by atoms with Crippen molar-refractivity contribution in [3.05, 3.63) is 30.1 Å². The normalized spacial score (nSPS) is 10.8. The van der Waals surface area contributed by atoms with Crippen LogP contribution in [0.5, 0.6) is 5.75 Å². The first-order valence-corrected chi connectivity index (χ1v) is 5.67. The van der Waals surface area contributed by atoms with Crippen LogP contribution in [0.2, 0.25) is 0 Å². The molecule has 1 aromatic carbocycles. The van der Waals surface area contributed by atoms with E-state index < -0.39 is 11.9 Å². The van der Waals surface area contributed by atoms with E-state index in [9.17, 15) is 9.18 Å². The van der Waals surface area contributed by atoms with Crippen LogP contribution in [0.15, 0.2) is 24.3 Å².